The molecule has 0 fully saturated rings. The number of nitrogens with one attached hydrogen (secondary N) is 1. The second-order valence-electron chi connectivity index (χ2n) is 7.12. The van der Waals surface area contributed by atoms with Crippen LogP contribution in [0.1, 0.15) is 40.3 Å². The van der Waals surface area contributed by atoms with Gasteiger partial charge in [0.1, 0.15) is 11.9 Å². The lowest BCUT2D eigenvalue weighted by Crippen LogP contribution is -2.31. The van der Waals surface area contributed by atoms with Crippen LogP contribution in [0.3, 0.4) is 0 Å². The smallest absolute Gasteiger partial charge is 0.252 e. The lowest BCUT2D eigenvalue weighted by atomic mass is 10.0. The van der Waals surface area contributed by atoms with Gasteiger partial charge < -0.3 is 14.8 Å². The molecule has 2 amide bonds. The van der Waals surface area contributed by atoms with Gasteiger partial charge in [0.2, 0.25) is 5.91 Å². The fourth-order valence-electron chi connectivity index (χ4n) is 3.69. The standard InChI is InChI=1S/C22H21ClN4O2/c1-14(28)27-11-9-16-13-17(5-8-19(16)27)22(29)25-20(21-24-10-12-26(21)2)15-3-6-18(23)7-4-15/h3-8,10,12-13,20H,9,11H2,1-2H3,(H,25,29)/t20-/m1/s1. The molecule has 2 aromatic carbocycles. The highest BCUT2D eigenvalue weighted by atomic mass is 35.5. The van der Waals surface area contributed by atoms with Crippen LogP contribution in [0.15, 0.2) is 54.9 Å². The van der Waals surface area contributed by atoms with Gasteiger partial charge >= 0.3 is 0 Å². The van der Waals surface area contributed by atoms with Gasteiger partial charge in [0.15, 0.2) is 0 Å². The zero-order valence-corrected chi connectivity index (χ0v) is 17.0. The fraction of sp³-hybridized carbons (Fsp3) is 0.227. The molecular formula is C22H21ClN4O2. The Hall–Kier alpha value is -3.12. The van der Waals surface area contributed by atoms with Crippen LogP contribution >= 0.6 is 11.6 Å². The van der Waals surface area contributed by atoms with E-state index in [4.69, 9.17) is 11.6 Å². The minimum Gasteiger partial charge on any atom is -0.338 e. The zero-order valence-electron chi connectivity index (χ0n) is 16.2. The highest BCUT2D eigenvalue weighted by Gasteiger charge is 2.25. The molecule has 0 aliphatic carbocycles. The Labute approximate surface area is 174 Å². The predicted molar refractivity (Wildman–Crippen MR) is 112 cm³/mol. The van der Waals surface area contributed by atoms with Gasteiger partial charge in [-0.25, -0.2) is 4.98 Å². The molecule has 6 nitrogen and oxygen atoms in total. The molecule has 1 N–H and O–H groups in total. The van der Waals surface area contributed by atoms with Gasteiger partial charge in [-0.1, -0.05) is 23.7 Å². The van der Waals surface area contributed by atoms with Crippen LogP contribution in [0.25, 0.3) is 0 Å². The van der Waals surface area contributed by atoms with Gasteiger partial charge in [-0.3, -0.25) is 9.59 Å². The lowest BCUT2D eigenvalue weighted by molar-refractivity contribution is -0.116. The number of nitrogens with zero attached hydrogens (tertiary/aromatic N) is 3. The molecule has 1 aliphatic rings. The molecule has 2 heterocycles. The molecule has 1 aromatic heterocycles. The van der Waals surface area contributed by atoms with Crippen LogP contribution < -0.4 is 10.2 Å². The van der Waals surface area contributed by atoms with Crippen LogP contribution in [-0.4, -0.2) is 27.9 Å². The third kappa shape index (κ3) is 3.76. The van der Waals surface area contributed by atoms with Gasteiger partial charge in [0, 0.05) is 49.2 Å². The number of benzene rings is 2. The van der Waals surface area contributed by atoms with E-state index in [0.29, 0.717) is 17.1 Å². The van der Waals surface area contributed by atoms with Crippen LogP contribution in [-0.2, 0) is 18.3 Å². The monoisotopic (exact) mass is 408 g/mol. The molecule has 0 spiro atoms. The van der Waals surface area contributed by atoms with Crippen molar-refractivity contribution in [2.24, 2.45) is 7.05 Å². The minimum absolute atomic E-state index is 0.0125. The van der Waals surface area contributed by atoms with Gasteiger partial charge in [-0.15, -0.1) is 0 Å². The molecule has 3 aromatic rings. The van der Waals surface area contributed by atoms with Crippen molar-refractivity contribution in [2.45, 2.75) is 19.4 Å². The zero-order chi connectivity index (χ0) is 20.5. The van der Waals surface area contributed by atoms with Crippen molar-refractivity contribution in [3.63, 3.8) is 0 Å². The van der Waals surface area contributed by atoms with E-state index in [9.17, 15) is 9.59 Å². The van der Waals surface area contributed by atoms with Crippen molar-refractivity contribution >= 4 is 29.1 Å². The van der Waals surface area contributed by atoms with E-state index in [1.54, 1.807) is 36.2 Å². The summed E-state index contributed by atoms with van der Waals surface area (Å²) in [4.78, 5) is 31.0. The molecule has 1 atom stereocenters. The maximum Gasteiger partial charge on any atom is 0.252 e. The summed E-state index contributed by atoms with van der Waals surface area (Å²) in [5.41, 5.74) is 3.34. The number of anilines is 1. The van der Waals surface area contributed by atoms with E-state index >= 15 is 0 Å². The summed E-state index contributed by atoms with van der Waals surface area (Å²) in [5, 5.41) is 3.72. The van der Waals surface area contributed by atoms with E-state index in [2.05, 4.69) is 10.3 Å². The van der Waals surface area contributed by atoms with Gasteiger partial charge in [-0.05, 0) is 47.9 Å². The second-order valence-corrected chi connectivity index (χ2v) is 7.55. The van der Waals surface area contributed by atoms with Gasteiger partial charge in [-0.2, -0.15) is 0 Å². The predicted octanol–water partition coefficient (Wildman–Crippen LogP) is 3.50. The number of carbonyl (C=O) groups is 2. The van der Waals surface area contributed by atoms with Crippen LogP contribution in [0.5, 0.6) is 0 Å². The largest absolute Gasteiger partial charge is 0.338 e. The first-order valence-electron chi connectivity index (χ1n) is 9.38. The Kier molecular flexibility index (Phi) is 5.11. The Bertz CT molecular complexity index is 1070. The quantitative estimate of drug-likeness (QED) is 0.718. The Morgan fingerprint density at radius 1 is 1.17 bits per heavy atom. The number of imidazole rings is 1. The molecule has 0 unspecified atom stereocenters. The third-order valence-electron chi connectivity index (χ3n) is 5.21. The molecule has 148 valence electrons. The molecule has 0 saturated carbocycles. The van der Waals surface area contributed by atoms with Gasteiger partial charge in [0.25, 0.3) is 5.91 Å². The summed E-state index contributed by atoms with van der Waals surface area (Å²) in [7, 11) is 1.89. The molecule has 7 heteroatoms. The molecule has 0 saturated heterocycles. The molecule has 29 heavy (non-hydrogen) atoms. The average molecular weight is 409 g/mol. The molecule has 0 radical (unpaired) electrons. The van der Waals surface area contributed by atoms with Crippen molar-refractivity contribution in [2.75, 3.05) is 11.4 Å². The normalized spacial score (nSPS) is 13.8. The van der Waals surface area contributed by atoms with Gasteiger partial charge in [0.05, 0.1) is 0 Å². The Morgan fingerprint density at radius 2 is 1.93 bits per heavy atom. The molecular weight excluding hydrogens is 388 g/mol. The van der Waals surface area contributed by atoms with Crippen molar-refractivity contribution in [1.29, 1.82) is 0 Å². The minimum atomic E-state index is -0.415. The van der Waals surface area contributed by atoms with E-state index in [1.807, 2.05) is 42.1 Å². The number of rotatable bonds is 4. The van der Waals surface area contributed by atoms with E-state index in [1.165, 1.54) is 0 Å². The number of fused-ring (bicyclic) bond motifs is 1. The number of aromatic nitrogens is 2. The van der Waals surface area contributed by atoms with Crippen molar-refractivity contribution < 1.29 is 9.59 Å². The second kappa shape index (κ2) is 7.72. The first-order chi connectivity index (χ1) is 13.9. The summed E-state index contributed by atoms with van der Waals surface area (Å²) < 4.78 is 1.88. The van der Waals surface area contributed by atoms with Crippen molar-refractivity contribution in [3.8, 4) is 0 Å². The Morgan fingerprint density at radius 3 is 2.59 bits per heavy atom. The number of hydrogen-bond acceptors (Lipinski definition) is 3. The molecule has 1 aliphatic heterocycles. The molecule has 0 bridgehead atoms. The summed E-state index contributed by atoms with van der Waals surface area (Å²) in [6.07, 6.45) is 4.29. The summed E-state index contributed by atoms with van der Waals surface area (Å²) in [6, 6.07) is 12.4. The van der Waals surface area contributed by atoms with Crippen LogP contribution in [0, 0.1) is 0 Å². The van der Waals surface area contributed by atoms with Crippen molar-refractivity contribution in [1.82, 2.24) is 14.9 Å². The summed E-state index contributed by atoms with van der Waals surface area (Å²) in [5.74, 6) is 0.542. The number of aryl methyl sites for hydroxylation is 1. The Balaban J connectivity index is 1.63. The summed E-state index contributed by atoms with van der Waals surface area (Å²) >= 11 is 6.03. The highest BCUT2D eigenvalue weighted by molar-refractivity contribution is 6.30. The first kappa shape index (κ1) is 19.2. The number of halogens is 1. The number of carbonyl (C=O) groups excluding carboxylic acids is 2. The lowest BCUT2D eigenvalue weighted by Gasteiger charge is -2.20. The highest BCUT2D eigenvalue weighted by Crippen LogP contribution is 2.29. The van der Waals surface area contributed by atoms with Crippen LogP contribution in [0.2, 0.25) is 5.02 Å². The van der Waals surface area contributed by atoms with E-state index in [0.717, 1.165) is 29.1 Å². The summed E-state index contributed by atoms with van der Waals surface area (Å²) in [6.45, 7) is 2.20. The first-order valence-corrected chi connectivity index (χ1v) is 9.76. The number of hydrogen-bond donors (Lipinski definition) is 1. The third-order valence-corrected chi connectivity index (χ3v) is 5.46. The maximum absolute atomic E-state index is 13.1. The average Bonchev–Trinajstić information content (AvgIpc) is 3.32. The van der Waals surface area contributed by atoms with Crippen LogP contribution in [0.4, 0.5) is 5.69 Å². The topological polar surface area (TPSA) is 67.2 Å². The molecule has 4 rings (SSSR count). The maximum atomic E-state index is 13.1. The fourth-order valence-corrected chi connectivity index (χ4v) is 3.82. The van der Waals surface area contributed by atoms with E-state index < -0.39 is 6.04 Å². The SMILES string of the molecule is CC(=O)N1CCc2cc(C(=O)N[C@H](c3ccc(Cl)cc3)c3nccn3C)ccc21. The van der Waals surface area contributed by atoms with E-state index in [-0.39, 0.29) is 11.8 Å². The number of amides is 2. The van der Waals surface area contributed by atoms with Crippen molar-refractivity contribution in [3.05, 3.63) is 82.4 Å².